The highest BCUT2D eigenvalue weighted by molar-refractivity contribution is 7.89. The molecule has 0 aromatic heterocycles. The first-order valence-electron chi connectivity index (χ1n) is 17.2. The Bertz CT molecular complexity index is 2210. The van der Waals surface area contributed by atoms with Gasteiger partial charge in [-0.25, -0.2) is 32.0 Å². The van der Waals surface area contributed by atoms with Gasteiger partial charge in [-0.2, -0.15) is 0 Å². The minimum absolute atomic E-state index is 0.0150. The molecule has 2 N–H and O–H groups in total. The third-order valence-electron chi connectivity index (χ3n) is 9.68. The van der Waals surface area contributed by atoms with Crippen LogP contribution in [0.5, 0.6) is 5.75 Å². The number of benzene rings is 3. The maximum absolute atomic E-state index is 15.5. The van der Waals surface area contributed by atoms with E-state index in [2.05, 4.69) is 5.32 Å². The summed E-state index contributed by atoms with van der Waals surface area (Å²) in [5, 5.41) is 3.08. The van der Waals surface area contributed by atoms with Crippen LogP contribution < -0.4 is 19.7 Å². The molecule has 0 unspecified atom stereocenters. The highest BCUT2D eigenvalue weighted by atomic mass is 35.5. The molecule has 2 aliphatic rings. The normalized spacial score (nSPS) is 19.8. The zero-order valence-electron chi connectivity index (χ0n) is 31.0. The van der Waals surface area contributed by atoms with Crippen molar-refractivity contribution in [2.24, 2.45) is 0 Å². The summed E-state index contributed by atoms with van der Waals surface area (Å²) in [6.07, 6.45) is -2.49. The Morgan fingerprint density at radius 2 is 1.62 bits per heavy atom. The van der Waals surface area contributed by atoms with Crippen LogP contribution in [0, 0.1) is 12.7 Å². The Morgan fingerprint density at radius 3 is 2.24 bits per heavy atom. The van der Waals surface area contributed by atoms with E-state index in [4.69, 9.17) is 37.4 Å². The van der Waals surface area contributed by atoms with Crippen LogP contribution >= 0.6 is 23.2 Å². The average Bonchev–Trinajstić information content (AvgIpc) is 3.31. The molecule has 1 spiro atoms. The van der Waals surface area contributed by atoms with E-state index in [1.165, 1.54) is 54.6 Å². The number of nitrogens with one attached hydrogen (secondary N) is 2. The smallest absolute Gasteiger partial charge is 0.477 e. The lowest BCUT2D eigenvalue weighted by Crippen LogP contribution is -2.59. The van der Waals surface area contributed by atoms with Crippen molar-refractivity contribution < 1.29 is 51.0 Å². The third kappa shape index (κ3) is 8.01. The zero-order chi connectivity index (χ0) is 40.8. The number of carbonyl (C=O) groups is 5. The Morgan fingerprint density at radius 1 is 0.982 bits per heavy atom. The van der Waals surface area contributed by atoms with Crippen LogP contribution in [0.1, 0.15) is 88.1 Å². The number of carbonyl (C=O) groups excluding carboxylic acids is 5. The van der Waals surface area contributed by atoms with Gasteiger partial charge in [0.2, 0.25) is 21.8 Å². The quantitative estimate of drug-likeness (QED) is 0.175. The number of hydrogen-bond donors (Lipinski definition) is 2. The molecule has 0 bridgehead atoms. The summed E-state index contributed by atoms with van der Waals surface area (Å²) in [5.41, 5.74) is -4.07. The van der Waals surface area contributed by atoms with Crippen molar-refractivity contribution >= 4 is 68.9 Å². The molecule has 0 saturated carbocycles. The summed E-state index contributed by atoms with van der Waals surface area (Å²) >= 11 is 13.0. The minimum Gasteiger partial charge on any atom is -0.477 e. The third-order valence-corrected chi connectivity index (χ3v) is 10.7. The van der Waals surface area contributed by atoms with Gasteiger partial charge in [-0.05, 0) is 99.7 Å². The van der Waals surface area contributed by atoms with E-state index in [0.717, 1.165) is 6.26 Å². The van der Waals surface area contributed by atoms with E-state index in [0.29, 0.717) is 10.5 Å². The van der Waals surface area contributed by atoms with Crippen LogP contribution in [0.4, 0.5) is 19.7 Å². The maximum atomic E-state index is 15.5. The summed E-state index contributed by atoms with van der Waals surface area (Å²) in [5.74, 6) is -4.55. The van der Waals surface area contributed by atoms with Crippen molar-refractivity contribution in [1.82, 2.24) is 10.0 Å². The molecule has 2 heterocycles. The van der Waals surface area contributed by atoms with E-state index in [1.54, 1.807) is 41.5 Å². The van der Waals surface area contributed by atoms with Gasteiger partial charge in [0, 0.05) is 27.9 Å². The number of rotatable bonds is 8. The Balaban J connectivity index is 1.82. The van der Waals surface area contributed by atoms with Crippen LogP contribution in [-0.2, 0) is 39.3 Å². The molecule has 5 rings (SSSR count). The maximum Gasteiger partial charge on any atom is 0.517 e. The van der Waals surface area contributed by atoms with Crippen molar-refractivity contribution in [1.29, 1.82) is 0 Å². The number of amides is 4. The SMILES string of the molecule is CCC(CC)(Oc1ccc(Cl)cc1[C@H]1CC(=O)N[C@@H](c2cc(F)ccc2C)[C@]12C(=O)N(C(=O)OC(=O)OC(C)(C)C)c1cc(Cl)ccc12)C(=O)NS(C)(=O)=O. The highest BCUT2D eigenvalue weighted by Gasteiger charge is 2.65. The van der Waals surface area contributed by atoms with Crippen LogP contribution in [0.2, 0.25) is 10.0 Å². The molecule has 17 heteroatoms. The monoisotopic (exact) mass is 819 g/mol. The first kappa shape index (κ1) is 41.4. The number of sulfonamides is 1. The van der Waals surface area contributed by atoms with Gasteiger partial charge in [0.25, 0.3) is 5.91 Å². The van der Waals surface area contributed by atoms with Gasteiger partial charge in [-0.1, -0.05) is 49.2 Å². The molecule has 3 aromatic rings. The topological polar surface area (TPSA) is 174 Å². The molecule has 294 valence electrons. The first-order valence-corrected chi connectivity index (χ1v) is 19.9. The van der Waals surface area contributed by atoms with Crippen LogP contribution in [0.3, 0.4) is 0 Å². The predicted octanol–water partition coefficient (Wildman–Crippen LogP) is 7.16. The summed E-state index contributed by atoms with van der Waals surface area (Å²) in [6, 6.07) is 11.0. The molecule has 55 heavy (non-hydrogen) atoms. The summed E-state index contributed by atoms with van der Waals surface area (Å²) in [7, 11) is -4.03. The summed E-state index contributed by atoms with van der Waals surface area (Å²) in [4.78, 5) is 70.2. The fraction of sp³-hybridized carbons (Fsp3) is 0.395. The number of halogens is 3. The van der Waals surface area contributed by atoms with Gasteiger partial charge >= 0.3 is 12.2 Å². The molecule has 1 saturated heterocycles. The van der Waals surface area contributed by atoms with Crippen molar-refractivity contribution in [3.8, 4) is 5.75 Å². The van der Waals surface area contributed by atoms with Crippen molar-refractivity contribution in [2.45, 2.75) is 89.4 Å². The molecule has 3 aromatic carbocycles. The van der Waals surface area contributed by atoms with E-state index in [-0.39, 0.29) is 51.0 Å². The fourth-order valence-electron chi connectivity index (χ4n) is 7.23. The number of piperidine rings is 1. The predicted molar refractivity (Wildman–Crippen MR) is 201 cm³/mol. The molecule has 1 fully saturated rings. The van der Waals surface area contributed by atoms with Gasteiger partial charge in [-0.3, -0.25) is 14.4 Å². The van der Waals surface area contributed by atoms with Gasteiger partial charge in [0.1, 0.15) is 22.6 Å². The van der Waals surface area contributed by atoms with Crippen LogP contribution in [0.25, 0.3) is 0 Å². The number of ether oxygens (including phenoxy) is 3. The highest BCUT2D eigenvalue weighted by Crippen LogP contribution is 2.61. The van der Waals surface area contributed by atoms with Gasteiger partial charge in [0.15, 0.2) is 5.60 Å². The molecule has 0 radical (unpaired) electrons. The van der Waals surface area contributed by atoms with Crippen LogP contribution in [-0.4, -0.2) is 55.8 Å². The molecule has 3 atom stereocenters. The fourth-order valence-corrected chi connectivity index (χ4v) is 8.10. The molecule has 0 aliphatic carbocycles. The lowest BCUT2D eigenvalue weighted by Gasteiger charge is -2.47. The van der Waals surface area contributed by atoms with E-state index >= 15 is 9.18 Å². The standard InChI is InChI=1S/C38H40Cl2FN3O10S/c1-8-37(9-2,32(46)43-55(7,50)51)53-29-15-12-21(39)16-25(29)27-19-30(45)42-31(24-18-23(41)13-10-20(24)3)38(27)26-14-11-22(40)17-28(26)44(33(38)47)34(48)52-35(49)54-36(4,5)6/h10-18,27,31H,8-9,19H2,1-7H3,(H,42,45)(H,43,46)/t27-,31+,38-/m1/s1. The Kier molecular flexibility index (Phi) is 11.4. The summed E-state index contributed by atoms with van der Waals surface area (Å²) < 4.78 is 58.1. The first-order chi connectivity index (χ1) is 25.6. The number of anilines is 1. The molecular weight excluding hydrogens is 780 g/mol. The molecule has 4 amide bonds. The van der Waals surface area contributed by atoms with Crippen molar-refractivity contribution in [2.75, 3.05) is 11.2 Å². The van der Waals surface area contributed by atoms with Gasteiger partial charge in [-0.15, -0.1) is 0 Å². The Hall–Kier alpha value is -4.73. The minimum atomic E-state index is -4.03. The number of imide groups is 1. The van der Waals surface area contributed by atoms with Crippen molar-refractivity contribution in [3.05, 3.63) is 92.7 Å². The second kappa shape index (κ2) is 15.1. The van der Waals surface area contributed by atoms with Crippen LogP contribution in [0.15, 0.2) is 54.6 Å². The van der Waals surface area contributed by atoms with E-state index in [9.17, 15) is 27.6 Å². The molecular formula is C38H40Cl2FN3O10S. The van der Waals surface area contributed by atoms with Crippen molar-refractivity contribution in [3.63, 3.8) is 0 Å². The Labute approximate surface area is 327 Å². The lowest BCUT2D eigenvalue weighted by molar-refractivity contribution is -0.136. The summed E-state index contributed by atoms with van der Waals surface area (Å²) in [6.45, 7) is 9.53. The number of nitrogens with zero attached hydrogens (tertiary/aromatic N) is 1. The molecule has 13 nitrogen and oxygen atoms in total. The second-order valence-corrected chi connectivity index (χ2v) is 17.1. The zero-order valence-corrected chi connectivity index (χ0v) is 33.4. The second-order valence-electron chi connectivity index (χ2n) is 14.5. The van der Waals surface area contributed by atoms with Gasteiger partial charge < -0.3 is 19.5 Å². The number of fused-ring (bicyclic) bond motifs is 2. The van der Waals surface area contributed by atoms with Gasteiger partial charge in [0.05, 0.1) is 18.0 Å². The number of aryl methyl sites for hydroxylation is 1. The largest absolute Gasteiger partial charge is 0.517 e. The van der Waals surface area contributed by atoms with E-state index < -0.39 is 80.8 Å². The van der Waals surface area contributed by atoms with E-state index in [1.807, 2.05) is 4.72 Å². The average molecular weight is 821 g/mol. The lowest BCUT2D eigenvalue weighted by atomic mass is 9.58. The number of hydrogen-bond acceptors (Lipinski definition) is 10. The molecule has 2 aliphatic heterocycles.